The molecule has 3 heterocycles. The number of carbonyl (C=O) groups excluding carboxylic acids is 1. The summed E-state index contributed by atoms with van der Waals surface area (Å²) in [4.78, 5) is 46.4. The highest BCUT2D eigenvalue weighted by atomic mass is 19.4. The van der Waals surface area contributed by atoms with Gasteiger partial charge in [-0.05, 0) is 24.6 Å². The predicted octanol–water partition coefficient (Wildman–Crippen LogP) is 1.75. The number of nitrogens with one attached hydrogen (secondary N) is 3. The van der Waals surface area contributed by atoms with Gasteiger partial charge < -0.3 is 10.6 Å². The van der Waals surface area contributed by atoms with Crippen molar-refractivity contribution in [2.24, 2.45) is 0 Å². The summed E-state index contributed by atoms with van der Waals surface area (Å²) in [6, 6.07) is 3.46. The minimum Gasteiger partial charge on any atom is -0.368 e. The number of pyridine rings is 2. The van der Waals surface area contributed by atoms with Gasteiger partial charge in [-0.2, -0.15) is 13.2 Å². The molecule has 0 saturated heterocycles. The molecule has 3 N–H and O–H groups in total. The Morgan fingerprint density at radius 1 is 1.16 bits per heavy atom. The number of rotatable bonds is 7. The normalized spacial score (nSPS) is 11.5. The van der Waals surface area contributed by atoms with Gasteiger partial charge in [0.25, 0.3) is 11.5 Å². The maximum absolute atomic E-state index is 12.5. The highest BCUT2D eigenvalue weighted by Crippen LogP contribution is 2.28. The number of anilines is 1. The fraction of sp³-hybridized carbons (Fsp3) is 0.316. The second-order valence-corrected chi connectivity index (χ2v) is 6.62. The Balaban J connectivity index is 1.63. The first-order valence-corrected chi connectivity index (χ1v) is 9.39. The molecule has 0 unspecified atom stereocenters. The van der Waals surface area contributed by atoms with Crippen LogP contribution in [0.15, 0.2) is 40.2 Å². The molecule has 164 valence electrons. The van der Waals surface area contributed by atoms with E-state index in [2.05, 4.69) is 25.6 Å². The smallest absolute Gasteiger partial charge is 0.368 e. The molecular formula is C19H19F3N6O3. The number of carbonyl (C=O) groups is 1. The summed E-state index contributed by atoms with van der Waals surface area (Å²) in [6.45, 7) is 2.60. The predicted molar refractivity (Wildman–Crippen MR) is 107 cm³/mol. The minimum atomic E-state index is -4.46. The van der Waals surface area contributed by atoms with Crippen molar-refractivity contribution in [1.82, 2.24) is 24.8 Å². The van der Waals surface area contributed by atoms with Gasteiger partial charge in [0.05, 0.1) is 16.5 Å². The van der Waals surface area contributed by atoms with E-state index in [9.17, 15) is 27.6 Å². The molecule has 31 heavy (non-hydrogen) atoms. The van der Waals surface area contributed by atoms with Gasteiger partial charge in [0.15, 0.2) is 0 Å². The van der Waals surface area contributed by atoms with Crippen LogP contribution in [0.1, 0.15) is 29.3 Å². The molecule has 0 spiro atoms. The van der Waals surface area contributed by atoms with E-state index in [1.807, 2.05) is 6.92 Å². The van der Waals surface area contributed by atoms with Gasteiger partial charge in [-0.25, -0.2) is 14.8 Å². The maximum Gasteiger partial charge on any atom is 0.417 e. The van der Waals surface area contributed by atoms with Crippen LogP contribution < -0.4 is 21.9 Å². The van der Waals surface area contributed by atoms with Crippen LogP contribution in [0.4, 0.5) is 19.0 Å². The quantitative estimate of drug-likeness (QED) is 0.485. The summed E-state index contributed by atoms with van der Waals surface area (Å²) in [5.41, 5.74) is -1.72. The van der Waals surface area contributed by atoms with Crippen molar-refractivity contribution in [3.8, 4) is 0 Å². The highest BCUT2D eigenvalue weighted by Gasteiger charge is 2.30. The van der Waals surface area contributed by atoms with Crippen molar-refractivity contribution in [2.75, 3.05) is 18.4 Å². The van der Waals surface area contributed by atoms with Crippen molar-refractivity contribution in [3.05, 3.63) is 62.6 Å². The van der Waals surface area contributed by atoms with Gasteiger partial charge in [0.2, 0.25) is 0 Å². The monoisotopic (exact) mass is 436 g/mol. The number of aromatic amines is 1. The molecule has 0 fully saturated rings. The second-order valence-electron chi connectivity index (χ2n) is 6.62. The van der Waals surface area contributed by atoms with Crippen LogP contribution in [0.2, 0.25) is 0 Å². The lowest BCUT2D eigenvalue weighted by Crippen LogP contribution is -2.32. The van der Waals surface area contributed by atoms with Crippen LogP contribution >= 0.6 is 0 Å². The molecule has 0 aliphatic rings. The summed E-state index contributed by atoms with van der Waals surface area (Å²) < 4.78 is 38.9. The number of alkyl halides is 3. The standard InChI is InChI=1S/C19H19F3N6O3/c1-2-7-28-15-13(17(30)27-18(28)31)8-11(9-26-15)16(29)24-6-5-23-14-4-3-12(10-25-14)19(20,21)22/h3-4,8-10H,2,5-7H2,1H3,(H,23,25)(H,24,29)(H,27,30,31). The topological polar surface area (TPSA) is 122 Å². The summed E-state index contributed by atoms with van der Waals surface area (Å²) >= 11 is 0. The van der Waals surface area contributed by atoms with Crippen LogP contribution in [-0.4, -0.2) is 38.5 Å². The molecule has 0 aliphatic heterocycles. The number of aryl methyl sites for hydroxylation is 1. The summed E-state index contributed by atoms with van der Waals surface area (Å²) in [6.07, 6.45) is -1.81. The Labute approximate surface area is 173 Å². The fourth-order valence-electron chi connectivity index (χ4n) is 2.86. The minimum absolute atomic E-state index is 0.118. The molecule has 0 aliphatic carbocycles. The molecule has 3 aromatic rings. The lowest BCUT2D eigenvalue weighted by molar-refractivity contribution is -0.137. The Hall–Kier alpha value is -3.70. The lowest BCUT2D eigenvalue weighted by atomic mass is 10.2. The van der Waals surface area contributed by atoms with E-state index < -0.39 is 28.9 Å². The van der Waals surface area contributed by atoms with Crippen molar-refractivity contribution >= 4 is 22.8 Å². The van der Waals surface area contributed by atoms with Gasteiger partial charge in [-0.3, -0.25) is 19.1 Å². The van der Waals surface area contributed by atoms with Crippen LogP contribution in [-0.2, 0) is 12.7 Å². The van der Waals surface area contributed by atoms with E-state index in [1.54, 1.807) is 0 Å². The summed E-state index contributed by atoms with van der Waals surface area (Å²) in [5, 5.41) is 5.52. The van der Waals surface area contributed by atoms with Crippen molar-refractivity contribution in [2.45, 2.75) is 26.1 Å². The number of nitrogens with zero attached hydrogens (tertiary/aromatic N) is 3. The van der Waals surface area contributed by atoms with Crippen molar-refractivity contribution in [1.29, 1.82) is 0 Å². The zero-order valence-corrected chi connectivity index (χ0v) is 16.4. The van der Waals surface area contributed by atoms with E-state index in [4.69, 9.17) is 0 Å². The molecule has 1 amide bonds. The van der Waals surface area contributed by atoms with E-state index in [0.717, 1.165) is 12.3 Å². The lowest BCUT2D eigenvalue weighted by Gasteiger charge is -2.10. The van der Waals surface area contributed by atoms with Gasteiger partial charge in [-0.15, -0.1) is 0 Å². The van der Waals surface area contributed by atoms with Gasteiger partial charge in [-0.1, -0.05) is 6.92 Å². The number of fused-ring (bicyclic) bond motifs is 1. The van der Waals surface area contributed by atoms with E-state index >= 15 is 0 Å². The van der Waals surface area contributed by atoms with E-state index in [-0.39, 0.29) is 35.5 Å². The number of halogens is 3. The second kappa shape index (κ2) is 8.98. The number of amides is 1. The van der Waals surface area contributed by atoms with Gasteiger partial charge in [0.1, 0.15) is 11.5 Å². The Morgan fingerprint density at radius 2 is 1.94 bits per heavy atom. The van der Waals surface area contributed by atoms with Crippen molar-refractivity contribution in [3.63, 3.8) is 0 Å². The third kappa shape index (κ3) is 5.08. The third-order valence-corrected chi connectivity index (χ3v) is 4.35. The molecule has 0 radical (unpaired) electrons. The van der Waals surface area contributed by atoms with Crippen LogP contribution in [0.3, 0.4) is 0 Å². The SMILES string of the molecule is CCCn1c(=O)[nH]c(=O)c2cc(C(=O)NCCNc3ccc(C(F)(F)F)cn3)cnc21. The Bertz CT molecular complexity index is 1200. The summed E-state index contributed by atoms with van der Waals surface area (Å²) in [5.74, 6) is -0.265. The maximum atomic E-state index is 12.5. The first-order valence-electron chi connectivity index (χ1n) is 9.39. The molecule has 3 aromatic heterocycles. The molecule has 12 heteroatoms. The highest BCUT2D eigenvalue weighted by molar-refractivity contribution is 5.96. The number of aromatic nitrogens is 4. The zero-order valence-electron chi connectivity index (χ0n) is 16.4. The Morgan fingerprint density at radius 3 is 2.58 bits per heavy atom. The van der Waals surface area contributed by atoms with E-state index in [1.165, 1.54) is 22.9 Å². The molecule has 9 nitrogen and oxygen atoms in total. The fourth-order valence-corrected chi connectivity index (χ4v) is 2.86. The number of hydrogen-bond donors (Lipinski definition) is 3. The largest absolute Gasteiger partial charge is 0.417 e. The third-order valence-electron chi connectivity index (χ3n) is 4.35. The molecule has 3 rings (SSSR count). The molecule has 0 saturated carbocycles. The van der Waals surface area contributed by atoms with Crippen LogP contribution in [0.5, 0.6) is 0 Å². The zero-order chi connectivity index (χ0) is 22.6. The van der Waals surface area contributed by atoms with E-state index in [0.29, 0.717) is 13.0 Å². The summed E-state index contributed by atoms with van der Waals surface area (Å²) in [7, 11) is 0. The van der Waals surface area contributed by atoms with Crippen molar-refractivity contribution < 1.29 is 18.0 Å². The van der Waals surface area contributed by atoms with Crippen LogP contribution in [0.25, 0.3) is 11.0 Å². The Kier molecular flexibility index (Phi) is 6.37. The average Bonchev–Trinajstić information content (AvgIpc) is 2.73. The molecule has 0 atom stereocenters. The van der Waals surface area contributed by atoms with Gasteiger partial charge in [0, 0.05) is 32.0 Å². The first-order chi connectivity index (χ1) is 14.7. The molecular weight excluding hydrogens is 417 g/mol. The van der Waals surface area contributed by atoms with Crippen LogP contribution in [0, 0.1) is 0 Å². The average molecular weight is 436 g/mol. The molecule has 0 bridgehead atoms. The van der Waals surface area contributed by atoms with Gasteiger partial charge >= 0.3 is 11.9 Å². The first kappa shape index (κ1) is 22.0. The number of H-pyrrole nitrogens is 1. The number of hydrogen-bond acceptors (Lipinski definition) is 6. The molecule has 0 aromatic carbocycles.